The maximum atomic E-state index is 12.4. The Kier molecular flexibility index (Phi) is 7.99. The molecule has 1 atom stereocenters. The van der Waals surface area contributed by atoms with E-state index in [1.165, 1.54) is 19.2 Å². The second-order valence-electron chi connectivity index (χ2n) is 7.60. The van der Waals surface area contributed by atoms with Crippen LogP contribution in [0, 0.1) is 0 Å². The summed E-state index contributed by atoms with van der Waals surface area (Å²) in [5.74, 6) is -0.375. The van der Waals surface area contributed by atoms with E-state index in [1.807, 2.05) is 12.1 Å². The van der Waals surface area contributed by atoms with Crippen LogP contribution < -0.4 is 15.0 Å². The van der Waals surface area contributed by atoms with Gasteiger partial charge in [0.1, 0.15) is 5.75 Å². The summed E-state index contributed by atoms with van der Waals surface area (Å²) in [5, 5.41) is 2.87. The first-order valence-electron chi connectivity index (χ1n) is 10.3. The molecule has 1 fully saturated rings. The highest BCUT2D eigenvalue weighted by Gasteiger charge is 2.25. The molecule has 2 aromatic carbocycles. The van der Waals surface area contributed by atoms with E-state index in [1.54, 1.807) is 24.3 Å². The van der Waals surface area contributed by atoms with Crippen molar-refractivity contribution in [1.29, 1.82) is 0 Å². The van der Waals surface area contributed by atoms with Gasteiger partial charge in [0.15, 0.2) is 0 Å². The van der Waals surface area contributed by atoms with Gasteiger partial charge in [-0.05, 0) is 48.9 Å². The maximum absolute atomic E-state index is 12.4. The number of anilines is 1. The van der Waals surface area contributed by atoms with Gasteiger partial charge in [0, 0.05) is 37.9 Å². The second-order valence-corrected chi connectivity index (χ2v) is 7.60. The normalized spacial score (nSPS) is 16.7. The Hall–Kier alpha value is -3.20. The molecule has 9 heteroatoms. The van der Waals surface area contributed by atoms with E-state index in [9.17, 15) is 18.4 Å². The zero-order chi connectivity index (χ0) is 23.1. The molecule has 1 aliphatic heterocycles. The number of carbonyl (C=O) groups excluding carboxylic acids is 2. The number of benzene rings is 2. The summed E-state index contributed by atoms with van der Waals surface area (Å²) in [5.41, 5.74) is 2.33. The van der Waals surface area contributed by atoms with Crippen molar-refractivity contribution in [2.45, 2.75) is 26.1 Å². The van der Waals surface area contributed by atoms with Gasteiger partial charge < -0.3 is 19.7 Å². The molecule has 1 unspecified atom stereocenters. The SMILES string of the molecule is COC(=O)c1ccc(N2CCN(CC(=O)NCc3ccc(OC(F)F)cc3)C(C)C2)cc1. The lowest BCUT2D eigenvalue weighted by Gasteiger charge is -2.40. The number of hydrogen-bond donors (Lipinski definition) is 1. The topological polar surface area (TPSA) is 71.1 Å². The monoisotopic (exact) mass is 447 g/mol. The molecule has 0 bridgehead atoms. The Morgan fingerprint density at radius 1 is 1.09 bits per heavy atom. The average molecular weight is 447 g/mol. The Morgan fingerprint density at radius 2 is 1.78 bits per heavy atom. The molecule has 1 N–H and O–H groups in total. The first-order valence-corrected chi connectivity index (χ1v) is 10.3. The van der Waals surface area contributed by atoms with Gasteiger partial charge in [-0.2, -0.15) is 8.78 Å². The largest absolute Gasteiger partial charge is 0.465 e. The van der Waals surface area contributed by atoms with E-state index in [0.717, 1.165) is 30.9 Å². The fraction of sp³-hybridized carbons (Fsp3) is 0.391. The molecule has 7 nitrogen and oxygen atoms in total. The minimum absolute atomic E-state index is 0.0849. The number of hydrogen-bond acceptors (Lipinski definition) is 6. The molecule has 0 saturated carbocycles. The molecule has 0 spiro atoms. The van der Waals surface area contributed by atoms with Crippen LogP contribution in [0.25, 0.3) is 0 Å². The summed E-state index contributed by atoms with van der Waals surface area (Å²) in [6.45, 7) is 2.06. The summed E-state index contributed by atoms with van der Waals surface area (Å²) in [4.78, 5) is 28.3. The van der Waals surface area contributed by atoms with Gasteiger partial charge in [-0.25, -0.2) is 4.79 Å². The first-order chi connectivity index (χ1) is 15.4. The van der Waals surface area contributed by atoms with Crippen molar-refractivity contribution in [3.8, 4) is 5.75 Å². The second kappa shape index (κ2) is 10.9. The zero-order valence-electron chi connectivity index (χ0n) is 18.1. The number of ether oxygens (including phenoxy) is 2. The Labute approximate surface area is 185 Å². The molecular weight excluding hydrogens is 420 g/mol. The van der Waals surface area contributed by atoms with E-state index in [-0.39, 0.29) is 30.2 Å². The van der Waals surface area contributed by atoms with Crippen molar-refractivity contribution in [2.24, 2.45) is 0 Å². The van der Waals surface area contributed by atoms with Crippen molar-refractivity contribution in [3.63, 3.8) is 0 Å². The van der Waals surface area contributed by atoms with Crippen molar-refractivity contribution in [2.75, 3.05) is 38.2 Å². The van der Waals surface area contributed by atoms with E-state index in [2.05, 4.69) is 26.8 Å². The summed E-state index contributed by atoms with van der Waals surface area (Å²) in [6.07, 6.45) is 0. The standard InChI is InChI=1S/C23H27F2N3O4/c1-16-14-28(19-7-5-18(6-8-19)22(30)31-2)12-11-27(16)15-21(29)26-13-17-3-9-20(10-4-17)32-23(24)25/h3-10,16,23H,11-15H2,1-2H3,(H,26,29). The molecule has 0 aliphatic carbocycles. The van der Waals surface area contributed by atoms with E-state index in [4.69, 9.17) is 4.74 Å². The summed E-state index contributed by atoms with van der Waals surface area (Å²) >= 11 is 0. The van der Waals surface area contributed by atoms with E-state index >= 15 is 0 Å². The lowest BCUT2D eigenvalue weighted by atomic mass is 10.1. The lowest BCUT2D eigenvalue weighted by Crippen LogP contribution is -2.54. The van der Waals surface area contributed by atoms with Gasteiger partial charge in [0.2, 0.25) is 5.91 Å². The molecule has 1 aliphatic rings. The molecule has 32 heavy (non-hydrogen) atoms. The van der Waals surface area contributed by atoms with Gasteiger partial charge in [0.05, 0.1) is 19.2 Å². The molecule has 0 radical (unpaired) electrons. The van der Waals surface area contributed by atoms with Crippen LogP contribution in [0.4, 0.5) is 14.5 Å². The van der Waals surface area contributed by atoms with Gasteiger partial charge >= 0.3 is 12.6 Å². The number of methoxy groups -OCH3 is 1. The third-order valence-corrected chi connectivity index (χ3v) is 5.40. The van der Waals surface area contributed by atoms with Gasteiger partial charge in [0.25, 0.3) is 0 Å². The highest BCUT2D eigenvalue weighted by Crippen LogP contribution is 2.20. The smallest absolute Gasteiger partial charge is 0.387 e. The number of piperazine rings is 1. The van der Waals surface area contributed by atoms with Gasteiger partial charge in [-0.15, -0.1) is 0 Å². The lowest BCUT2D eigenvalue weighted by molar-refractivity contribution is -0.123. The molecule has 1 amide bonds. The summed E-state index contributed by atoms with van der Waals surface area (Å²) in [7, 11) is 1.36. The van der Waals surface area contributed by atoms with Gasteiger partial charge in [-0.3, -0.25) is 9.69 Å². The number of esters is 1. The fourth-order valence-electron chi connectivity index (χ4n) is 3.62. The highest BCUT2D eigenvalue weighted by molar-refractivity contribution is 5.89. The quantitative estimate of drug-likeness (QED) is 0.628. The van der Waals surface area contributed by atoms with Crippen LogP contribution in [-0.4, -0.2) is 62.7 Å². The minimum atomic E-state index is -2.86. The van der Waals surface area contributed by atoms with Crippen LogP contribution >= 0.6 is 0 Å². The van der Waals surface area contributed by atoms with Crippen molar-refractivity contribution < 1.29 is 27.8 Å². The molecular formula is C23H27F2N3O4. The number of nitrogens with zero attached hydrogens (tertiary/aromatic N) is 2. The van der Waals surface area contributed by atoms with Crippen LogP contribution in [-0.2, 0) is 16.1 Å². The molecule has 1 heterocycles. The average Bonchev–Trinajstić information content (AvgIpc) is 2.79. The third-order valence-electron chi connectivity index (χ3n) is 5.40. The maximum Gasteiger partial charge on any atom is 0.387 e. The minimum Gasteiger partial charge on any atom is -0.465 e. The number of amides is 1. The highest BCUT2D eigenvalue weighted by atomic mass is 19.3. The molecule has 0 aromatic heterocycles. The fourth-order valence-corrected chi connectivity index (χ4v) is 3.62. The third kappa shape index (κ3) is 6.40. The van der Waals surface area contributed by atoms with Crippen LogP contribution in [0.5, 0.6) is 5.75 Å². The molecule has 2 aromatic rings. The Balaban J connectivity index is 1.45. The van der Waals surface area contributed by atoms with Crippen molar-refractivity contribution in [1.82, 2.24) is 10.2 Å². The van der Waals surface area contributed by atoms with Crippen molar-refractivity contribution >= 4 is 17.6 Å². The van der Waals surface area contributed by atoms with Crippen LogP contribution in [0.2, 0.25) is 0 Å². The first kappa shape index (κ1) is 23.5. The molecule has 172 valence electrons. The Morgan fingerprint density at radius 3 is 2.38 bits per heavy atom. The van der Waals surface area contributed by atoms with Crippen LogP contribution in [0.1, 0.15) is 22.8 Å². The number of carbonyl (C=O) groups is 2. The Bertz CT molecular complexity index is 906. The summed E-state index contributed by atoms with van der Waals surface area (Å²) < 4.78 is 33.5. The predicted octanol–water partition coefficient (Wildman–Crippen LogP) is 2.90. The molecule has 1 saturated heterocycles. The molecule has 3 rings (SSSR count). The van der Waals surface area contributed by atoms with E-state index < -0.39 is 6.61 Å². The van der Waals surface area contributed by atoms with E-state index in [0.29, 0.717) is 12.1 Å². The number of alkyl halides is 2. The van der Waals surface area contributed by atoms with Crippen LogP contribution in [0.3, 0.4) is 0 Å². The van der Waals surface area contributed by atoms with Crippen LogP contribution in [0.15, 0.2) is 48.5 Å². The van der Waals surface area contributed by atoms with Gasteiger partial charge in [-0.1, -0.05) is 12.1 Å². The number of nitrogens with one attached hydrogen (secondary N) is 1. The number of rotatable bonds is 8. The summed E-state index contributed by atoms with van der Waals surface area (Å²) in [6, 6.07) is 13.7. The predicted molar refractivity (Wildman–Crippen MR) is 116 cm³/mol. The zero-order valence-corrected chi connectivity index (χ0v) is 18.1. The van der Waals surface area contributed by atoms with Crippen molar-refractivity contribution in [3.05, 3.63) is 59.7 Å². The number of halogens is 2.